The van der Waals surface area contributed by atoms with Gasteiger partial charge in [-0.3, -0.25) is 9.59 Å². The number of Topliss-reactive ketones (excluding diaryl/α,β-unsaturated/α-hetero) is 1. The van der Waals surface area contributed by atoms with Crippen LogP contribution >= 0.6 is 0 Å². The van der Waals surface area contributed by atoms with Gasteiger partial charge >= 0.3 is 0 Å². The Hall–Kier alpha value is -3.54. The number of anilines is 2. The van der Waals surface area contributed by atoms with E-state index in [1.54, 1.807) is 30.3 Å². The largest absolute Gasteiger partial charge is 0.340 e. The molecule has 0 aliphatic heterocycles. The topological polar surface area (TPSA) is 75.2 Å². The first-order valence-electron chi connectivity index (χ1n) is 8.95. The van der Waals surface area contributed by atoms with Crippen LogP contribution in [0.1, 0.15) is 39.0 Å². The van der Waals surface area contributed by atoms with Crippen molar-refractivity contribution in [2.75, 3.05) is 17.3 Å². The highest BCUT2D eigenvalue weighted by atomic mass is 16.2. The van der Waals surface area contributed by atoms with Gasteiger partial charge in [-0.2, -0.15) is 0 Å². The van der Waals surface area contributed by atoms with E-state index in [0.717, 1.165) is 5.56 Å². The fourth-order valence-corrected chi connectivity index (χ4v) is 2.75. The third-order valence-corrected chi connectivity index (χ3v) is 4.23. The Labute approximate surface area is 164 Å². The van der Waals surface area contributed by atoms with Gasteiger partial charge in [0.25, 0.3) is 5.91 Å². The average Bonchev–Trinajstić information content (AvgIpc) is 2.68. The van der Waals surface area contributed by atoms with E-state index in [0.29, 0.717) is 29.4 Å². The lowest BCUT2D eigenvalue weighted by Crippen LogP contribution is -2.22. The van der Waals surface area contributed by atoms with Crippen LogP contribution in [-0.4, -0.2) is 28.7 Å². The Morgan fingerprint density at radius 3 is 2.32 bits per heavy atom. The number of benzene rings is 2. The summed E-state index contributed by atoms with van der Waals surface area (Å²) in [6, 6.07) is 18.4. The van der Waals surface area contributed by atoms with Crippen LogP contribution in [0.5, 0.6) is 0 Å². The van der Waals surface area contributed by atoms with Gasteiger partial charge in [-0.15, -0.1) is 0 Å². The monoisotopic (exact) mass is 374 g/mol. The number of aromatic nitrogens is 2. The summed E-state index contributed by atoms with van der Waals surface area (Å²) in [5.41, 5.74) is 3.33. The van der Waals surface area contributed by atoms with Crippen molar-refractivity contribution in [3.63, 3.8) is 0 Å². The van der Waals surface area contributed by atoms with E-state index in [4.69, 9.17) is 0 Å². The number of amides is 1. The Bertz CT molecular complexity index is 985. The zero-order valence-electron chi connectivity index (χ0n) is 16.1. The minimum absolute atomic E-state index is 0.0182. The molecule has 2 aromatic carbocycles. The molecule has 0 aliphatic rings. The van der Waals surface area contributed by atoms with Crippen LogP contribution in [0.15, 0.2) is 60.7 Å². The maximum absolute atomic E-state index is 12.6. The summed E-state index contributed by atoms with van der Waals surface area (Å²) in [6.07, 6.45) is 0. The van der Waals surface area contributed by atoms with Crippen LogP contribution in [0.25, 0.3) is 0 Å². The Balaban J connectivity index is 1.76. The summed E-state index contributed by atoms with van der Waals surface area (Å²) >= 11 is 0. The molecule has 0 radical (unpaired) electrons. The van der Waals surface area contributed by atoms with E-state index >= 15 is 0 Å². The Kier molecular flexibility index (Phi) is 5.79. The van der Waals surface area contributed by atoms with E-state index in [9.17, 15) is 9.59 Å². The van der Waals surface area contributed by atoms with Crippen molar-refractivity contribution in [1.29, 1.82) is 0 Å². The molecule has 6 heteroatoms. The molecule has 0 atom stereocenters. The minimum Gasteiger partial charge on any atom is -0.340 e. The van der Waals surface area contributed by atoms with E-state index in [-0.39, 0.29) is 17.4 Å². The van der Waals surface area contributed by atoms with E-state index in [1.807, 2.05) is 49.2 Å². The SMILES string of the molecule is CC(=O)c1ccc(NC(=O)c2cc(C)nc(N(C)Cc3ccccc3)n2)cc1. The van der Waals surface area contributed by atoms with Gasteiger partial charge in [0, 0.05) is 30.5 Å². The van der Waals surface area contributed by atoms with Gasteiger partial charge in [-0.05, 0) is 49.7 Å². The molecule has 28 heavy (non-hydrogen) atoms. The molecule has 0 aliphatic carbocycles. The van der Waals surface area contributed by atoms with Gasteiger partial charge in [0.15, 0.2) is 5.78 Å². The summed E-state index contributed by atoms with van der Waals surface area (Å²) in [4.78, 5) is 34.8. The number of nitrogens with one attached hydrogen (secondary N) is 1. The van der Waals surface area contributed by atoms with Crippen LogP contribution in [0, 0.1) is 6.92 Å². The molecule has 1 N–H and O–H groups in total. The van der Waals surface area contributed by atoms with Gasteiger partial charge < -0.3 is 10.2 Å². The number of hydrogen-bond donors (Lipinski definition) is 1. The lowest BCUT2D eigenvalue weighted by Gasteiger charge is -2.18. The summed E-state index contributed by atoms with van der Waals surface area (Å²) in [5.74, 6) is 0.145. The molecular formula is C22H22N4O2. The fourth-order valence-electron chi connectivity index (χ4n) is 2.75. The van der Waals surface area contributed by atoms with Crippen molar-refractivity contribution in [3.8, 4) is 0 Å². The van der Waals surface area contributed by atoms with Crippen LogP contribution < -0.4 is 10.2 Å². The molecule has 3 aromatic rings. The number of carbonyl (C=O) groups excluding carboxylic acids is 2. The predicted molar refractivity (Wildman–Crippen MR) is 110 cm³/mol. The van der Waals surface area contributed by atoms with E-state index in [2.05, 4.69) is 15.3 Å². The normalized spacial score (nSPS) is 10.4. The molecular weight excluding hydrogens is 352 g/mol. The number of rotatable bonds is 6. The summed E-state index contributed by atoms with van der Waals surface area (Å²) in [6.45, 7) is 3.97. The van der Waals surface area contributed by atoms with E-state index < -0.39 is 0 Å². The highest BCUT2D eigenvalue weighted by Crippen LogP contribution is 2.15. The molecule has 0 saturated carbocycles. The fraction of sp³-hybridized carbons (Fsp3) is 0.182. The van der Waals surface area contributed by atoms with Gasteiger partial charge in [0.05, 0.1) is 0 Å². The highest BCUT2D eigenvalue weighted by molar-refractivity contribution is 6.03. The molecule has 0 saturated heterocycles. The van der Waals surface area contributed by atoms with Gasteiger partial charge in [0.1, 0.15) is 5.69 Å². The van der Waals surface area contributed by atoms with Crippen molar-refractivity contribution < 1.29 is 9.59 Å². The first-order chi connectivity index (χ1) is 13.4. The molecule has 0 fully saturated rings. The van der Waals surface area contributed by atoms with Crippen LogP contribution in [0.2, 0.25) is 0 Å². The zero-order valence-corrected chi connectivity index (χ0v) is 16.1. The molecule has 0 spiro atoms. The number of ketones is 1. The maximum Gasteiger partial charge on any atom is 0.274 e. The number of nitrogens with zero attached hydrogens (tertiary/aromatic N) is 3. The predicted octanol–water partition coefficient (Wildman–Crippen LogP) is 3.88. The molecule has 1 aromatic heterocycles. The van der Waals surface area contributed by atoms with Crippen LogP contribution in [0.4, 0.5) is 11.6 Å². The van der Waals surface area contributed by atoms with E-state index in [1.165, 1.54) is 6.92 Å². The molecule has 1 heterocycles. The summed E-state index contributed by atoms with van der Waals surface area (Å²) in [7, 11) is 1.89. The second kappa shape index (κ2) is 8.43. The van der Waals surface area contributed by atoms with Crippen molar-refractivity contribution in [3.05, 3.63) is 83.2 Å². The number of hydrogen-bond acceptors (Lipinski definition) is 5. The van der Waals surface area contributed by atoms with Crippen molar-refractivity contribution in [2.24, 2.45) is 0 Å². The standard InChI is InChI=1S/C22H22N4O2/c1-15-13-20(21(28)24-19-11-9-18(10-12-19)16(2)27)25-22(23-15)26(3)14-17-7-5-4-6-8-17/h4-13H,14H2,1-3H3,(H,24,28). The highest BCUT2D eigenvalue weighted by Gasteiger charge is 2.14. The Morgan fingerprint density at radius 1 is 1.00 bits per heavy atom. The van der Waals surface area contributed by atoms with Crippen LogP contribution in [0.3, 0.4) is 0 Å². The van der Waals surface area contributed by atoms with Crippen molar-refractivity contribution in [2.45, 2.75) is 20.4 Å². The summed E-state index contributed by atoms with van der Waals surface area (Å²) < 4.78 is 0. The quantitative estimate of drug-likeness (QED) is 0.663. The average molecular weight is 374 g/mol. The first-order valence-corrected chi connectivity index (χ1v) is 8.95. The smallest absolute Gasteiger partial charge is 0.274 e. The first kappa shape index (κ1) is 19.2. The van der Waals surface area contributed by atoms with Gasteiger partial charge in [-0.25, -0.2) is 9.97 Å². The van der Waals surface area contributed by atoms with Crippen LogP contribution in [-0.2, 0) is 6.54 Å². The molecule has 142 valence electrons. The Morgan fingerprint density at radius 2 is 1.68 bits per heavy atom. The molecule has 0 bridgehead atoms. The molecule has 0 unspecified atom stereocenters. The third kappa shape index (κ3) is 4.79. The second-order valence-corrected chi connectivity index (χ2v) is 6.62. The molecule has 3 rings (SSSR count). The lowest BCUT2D eigenvalue weighted by atomic mass is 10.1. The zero-order chi connectivity index (χ0) is 20.1. The summed E-state index contributed by atoms with van der Waals surface area (Å²) in [5, 5.41) is 2.81. The number of aryl methyl sites for hydroxylation is 1. The maximum atomic E-state index is 12.6. The lowest BCUT2D eigenvalue weighted by molar-refractivity contribution is 0.101. The minimum atomic E-state index is -0.324. The second-order valence-electron chi connectivity index (χ2n) is 6.62. The molecule has 6 nitrogen and oxygen atoms in total. The molecule has 1 amide bonds. The van der Waals surface area contributed by atoms with Gasteiger partial charge in [-0.1, -0.05) is 30.3 Å². The van der Waals surface area contributed by atoms with Crippen molar-refractivity contribution in [1.82, 2.24) is 9.97 Å². The number of carbonyl (C=O) groups is 2. The van der Waals surface area contributed by atoms with Crippen molar-refractivity contribution >= 4 is 23.3 Å². The third-order valence-electron chi connectivity index (χ3n) is 4.23. The van der Waals surface area contributed by atoms with Gasteiger partial charge in [0.2, 0.25) is 5.95 Å².